The van der Waals surface area contributed by atoms with Gasteiger partial charge in [-0.05, 0) is 123 Å². The van der Waals surface area contributed by atoms with Crippen LogP contribution in [0.2, 0.25) is 0 Å². The first-order chi connectivity index (χ1) is 23.4. The molecule has 0 heterocycles. The number of hydrogen-bond donors (Lipinski definition) is 0. The first kappa shape index (κ1) is 30.8. The van der Waals surface area contributed by atoms with E-state index in [4.69, 9.17) is 0 Å². The molecule has 2 nitrogen and oxygen atoms in total. The molecule has 0 atom stereocenters. The topological polar surface area (TPSA) is 6.48 Å². The Kier molecular flexibility index (Phi) is 8.64. The molecule has 0 saturated heterocycles. The summed E-state index contributed by atoms with van der Waals surface area (Å²) in [5.74, 6) is 0. The Bertz CT molecular complexity index is 1860. The van der Waals surface area contributed by atoms with Gasteiger partial charge in [0.05, 0.1) is 0 Å². The zero-order chi connectivity index (χ0) is 33.0. The van der Waals surface area contributed by atoms with Crippen LogP contribution in [-0.4, -0.2) is 0 Å². The zero-order valence-electron chi connectivity index (χ0n) is 28.1. The second-order valence-electron chi connectivity index (χ2n) is 12.7. The highest BCUT2D eigenvalue weighted by Crippen LogP contribution is 2.40. The van der Waals surface area contributed by atoms with E-state index in [2.05, 4.69) is 207 Å². The standard InChI is InChI=1S/C46H40N2/c1-33-9-21-39(22-10-33)47(40-23-11-34(2)12-24-40)43-29-17-37(18-30-43)45-7-5-6-8-46(45)38-19-31-44(32-20-38)48(41-25-13-35(3)14-26-41)42-27-15-36(4)16-28-42/h5-32H,1-4H3. The van der Waals surface area contributed by atoms with Gasteiger partial charge in [-0.15, -0.1) is 0 Å². The molecule has 7 aromatic carbocycles. The Labute approximate surface area is 285 Å². The van der Waals surface area contributed by atoms with Crippen molar-refractivity contribution < 1.29 is 0 Å². The second-order valence-corrected chi connectivity index (χ2v) is 12.7. The molecule has 48 heavy (non-hydrogen) atoms. The van der Waals surface area contributed by atoms with Gasteiger partial charge in [0.2, 0.25) is 0 Å². The largest absolute Gasteiger partial charge is 0.311 e. The molecule has 0 aliphatic carbocycles. The van der Waals surface area contributed by atoms with Crippen molar-refractivity contribution in [3.05, 3.63) is 192 Å². The highest BCUT2D eigenvalue weighted by Gasteiger charge is 2.16. The minimum absolute atomic E-state index is 1.13. The van der Waals surface area contributed by atoms with Crippen LogP contribution in [0.5, 0.6) is 0 Å². The molecule has 0 bridgehead atoms. The highest BCUT2D eigenvalue weighted by molar-refractivity contribution is 5.86. The van der Waals surface area contributed by atoms with Gasteiger partial charge in [-0.25, -0.2) is 0 Å². The van der Waals surface area contributed by atoms with Gasteiger partial charge in [-0.2, -0.15) is 0 Å². The maximum absolute atomic E-state index is 2.32. The summed E-state index contributed by atoms with van der Waals surface area (Å²) < 4.78 is 0. The summed E-state index contributed by atoms with van der Waals surface area (Å²) >= 11 is 0. The number of hydrogen-bond acceptors (Lipinski definition) is 2. The Morgan fingerprint density at radius 3 is 0.688 bits per heavy atom. The van der Waals surface area contributed by atoms with E-state index in [1.165, 1.54) is 44.5 Å². The summed E-state index contributed by atoms with van der Waals surface area (Å²) in [6.07, 6.45) is 0. The van der Waals surface area contributed by atoms with Crippen LogP contribution in [0.4, 0.5) is 34.1 Å². The molecule has 0 aromatic heterocycles. The molecule has 0 radical (unpaired) electrons. The molecule has 0 N–H and O–H groups in total. The zero-order valence-corrected chi connectivity index (χ0v) is 28.1. The molecule has 0 unspecified atom stereocenters. The predicted octanol–water partition coefficient (Wildman–Crippen LogP) is 13.2. The van der Waals surface area contributed by atoms with Gasteiger partial charge < -0.3 is 9.80 Å². The maximum Gasteiger partial charge on any atom is 0.0462 e. The third-order valence-corrected chi connectivity index (χ3v) is 8.97. The van der Waals surface area contributed by atoms with Gasteiger partial charge in [0.1, 0.15) is 0 Å². The molecular weight excluding hydrogens is 581 g/mol. The number of nitrogens with zero attached hydrogens (tertiary/aromatic N) is 2. The van der Waals surface area contributed by atoms with E-state index in [-0.39, 0.29) is 0 Å². The molecule has 0 saturated carbocycles. The van der Waals surface area contributed by atoms with Gasteiger partial charge in [0.25, 0.3) is 0 Å². The number of benzene rings is 7. The van der Waals surface area contributed by atoms with Crippen molar-refractivity contribution in [2.45, 2.75) is 27.7 Å². The van der Waals surface area contributed by atoms with Gasteiger partial charge in [-0.1, -0.05) is 119 Å². The number of anilines is 6. The van der Waals surface area contributed by atoms with Crippen molar-refractivity contribution in [1.29, 1.82) is 0 Å². The minimum atomic E-state index is 1.13. The van der Waals surface area contributed by atoms with Crippen molar-refractivity contribution in [3.63, 3.8) is 0 Å². The molecule has 0 spiro atoms. The van der Waals surface area contributed by atoms with Gasteiger partial charge in [-0.3, -0.25) is 0 Å². The monoisotopic (exact) mass is 620 g/mol. The number of aryl methyl sites for hydroxylation is 4. The average molecular weight is 621 g/mol. The quantitative estimate of drug-likeness (QED) is 0.167. The number of rotatable bonds is 8. The minimum Gasteiger partial charge on any atom is -0.311 e. The summed E-state index contributed by atoms with van der Waals surface area (Å²) in [4.78, 5) is 4.64. The van der Waals surface area contributed by atoms with Crippen LogP contribution in [0.3, 0.4) is 0 Å². The average Bonchev–Trinajstić information content (AvgIpc) is 3.12. The Morgan fingerprint density at radius 2 is 0.458 bits per heavy atom. The molecule has 2 heteroatoms. The highest BCUT2D eigenvalue weighted by atomic mass is 15.1. The van der Waals surface area contributed by atoms with Crippen molar-refractivity contribution >= 4 is 34.1 Å². The molecule has 234 valence electrons. The van der Waals surface area contributed by atoms with Crippen LogP contribution >= 0.6 is 0 Å². The molecule has 0 aliphatic rings. The summed E-state index contributed by atoms with van der Waals surface area (Å²) in [6.45, 7) is 8.52. The SMILES string of the molecule is Cc1ccc(N(c2ccc(C)cc2)c2ccc(-c3ccccc3-c3ccc(N(c4ccc(C)cc4)c4ccc(C)cc4)cc3)cc2)cc1. The Morgan fingerprint density at radius 1 is 0.250 bits per heavy atom. The van der Waals surface area contributed by atoms with E-state index in [9.17, 15) is 0 Å². The lowest BCUT2D eigenvalue weighted by Crippen LogP contribution is -2.10. The summed E-state index contributed by atoms with van der Waals surface area (Å²) in [5, 5.41) is 0. The molecular formula is C46H40N2. The molecule has 0 aliphatic heterocycles. The second kappa shape index (κ2) is 13.5. The van der Waals surface area contributed by atoms with E-state index in [0.29, 0.717) is 0 Å². The Balaban J connectivity index is 1.22. The van der Waals surface area contributed by atoms with E-state index in [1.807, 2.05) is 0 Å². The normalized spacial score (nSPS) is 10.9. The van der Waals surface area contributed by atoms with Crippen molar-refractivity contribution in [3.8, 4) is 22.3 Å². The summed E-state index contributed by atoms with van der Waals surface area (Å²) in [5.41, 5.74) is 16.6. The van der Waals surface area contributed by atoms with E-state index >= 15 is 0 Å². The van der Waals surface area contributed by atoms with E-state index in [0.717, 1.165) is 34.1 Å². The Hall–Kier alpha value is -5.86. The lowest BCUT2D eigenvalue weighted by Gasteiger charge is -2.26. The van der Waals surface area contributed by atoms with E-state index < -0.39 is 0 Å². The summed E-state index contributed by atoms with van der Waals surface area (Å²) in [6, 6.07) is 61.6. The van der Waals surface area contributed by atoms with Crippen molar-refractivity contribution in [2.24, 2.45) is 0 Å². The predicted molar refractivity (Wildman–Crippen MR) is 206 cm³/mol. The molecule has 0 fully saturated rings. The van der Waals surface area contributed by atoms with E-state index in [1.54, 1.807) is 0 Å². The maximum atomic E-state index is 2.32. The van der Waals surface area contributed by atoms with Crippen LogP contribution < -0.4 is 9.80 Å². The van der Waals surface area contributed by atoms with Crippen molar-refractivity contribution in [2.75, 3.05) is 9.80 Å². The fraction of sp³-hybridized carbons (Fsp3) is 0.0870. The first-order valence-electron chi connectivity index (χ1n) is 16.6. The van der Waals surface area contributed by atoms with Crippen LogP contribution in [0, 0.1) is 27.7 Å². The molecule has 0 amide bonds. The van der Waals surface area contributed by atoms with Crippen molar-refractivity contribution in [1.82, 2.24) is 0 Å². The molecule has 7 aromatic rings. The van der Waals surface area contributed by atoms with Crippen LogP contribution in [-0.2, 0) is 0 Å². The fourth-order valence-corrected chi connectivity index (χ4v) is 6.24. The fourth-order valence-electron chi connectivity index (χ4n) is 6.24. The lowest BCUT2D eigenvalue weighted by atomic mass is 9.94. The smallest absolute Gasteiger partial charge is 0.0462 e. The van der Waals surface area contributed by atoms with Crippen LogP contribution in [0.15, 0.2) is 170 Å². The van der Waals surface area contributed by atoms with Gasteiger partial charge >= 0.3 is 0 Å². The molecule has 7 rings (SSSR count). The van der Waals surface area contributed by atoms with Gasteiger partial charge in [0, 0.05) is 34.1 Å². The third-order valence-electron chi connectivity index (χ3n) is 8.97. The van der Waals surface area contributed by atoms with Crippen LogP contribution in [0.25, 0.3) is 22.3 Å². The third kappa shape index (κ3) is 6.52. The summed E-state index contributed by atoms with van der Waals surface area (Å²) in [7, 11) is 0. The van der Waals surface area contributed by atoms with Gasteiger partial charge in [0.15, 0.2) is 0 Å². The lowest BCUT2D eigenvalue weighted by molar-refractivity contribution is 1.27. The first-order valence-corrected chi connectivity index (χ1v) is 16.6. The van der Waals surface area contributed by atoms with Crippen LogP contribution in [0.1, 0.15) is 22.3 Å².